The van der Waals surface area contributed by atoms with Crippen LogP contribution in [0.15, 0.2) is 36.5 Å². The number of aryl methyl sites for hydroxylation is 1. The average Bonchev–Trinajstić information content (AvgIpc) is 2.78. The number of rotatable bonds is 8. The van der Waals surface area contributed by atoms with Gasteiger partial charge in [0.2, 0.25) is 0 Å². The van der Waals surface area contributed by atoms with Gasteiger partial charge in [0.25, 0.3) is 0 Å². The Morgan fingerprint density at radius 1 is 1.27 bits per heavy atom. The van der Waals surface area contributed by atoms with Crippen molar-refractivity contribution in [1.82, 2.24) is 4.98 Å². The number of halogens is 1. The molecule has 1 aromatic heterocycles. The van der Waals surface area contributed by atoms with Gasteiger partial charge >= 0.3 is 5.97 Å². The minimum Gasteiger partial charge on any atom is -0.464 e. The number of aromatic nitrogens is 1. The zero-order chi connectivity index (χ0) is 21.5. The lowest BCUT2D eigenvalue weighted by Gasteiger charge is -2.34. The van der Waals surface area contributed by atoms with Crippen molar-refractivity contribution in [1.29, 1.82) is 0 Å². The van der Waals surface area contributed by atoms with Gasteiger partial charge in [0.05, 0.1) is 37.8 Å². The molecule has 3 rings (SSSR count). The van der Waals surface area contributed by atoms with E-state index in [1.807, 2.05) is 13.0 Å². The van der Waals surface area contributed by atoms with Crippen molar-refractivity contribution in [2.45, 2.75) is 51.4 Å². The lowest BCUT2D eigenvalue weighted by atomic mass is 10.0. The van der Waals surface area contributed by atoms with Gasteiger partial charge < -0.3 is 19.5 Å². The molecule has 7 heteroatoms. The highest BCUT2D eigenvalue weighted by Crippen LogP contribution is 2.23. The van der Waals surface area contributed by atoms with E-state index in [-0.39, 0.29) is 24.6 Å². The minimum atomic E-state index is -0.439. The Labute approximate surface area is 176 Å². The third-order valence-corrected chi connectivity index (χ3v) is 5.52. The van der Waals surface area contributed by atoms with Crippen LogP contribution in [-0.4, -0.2) is 48.5 Å². The number of ether oxygens (including phenoxy) is 2. The van der Waals surface area contributed by atoms with E-state index in [1.165, 1.54) is 7.11 Å². The number of piperidine rings is 1. The molecule has 0 spiro atoms. The Kier molecular flexibility index (Phi) is 7.76. The highest BCUT2D eigenvalue weighted by Gasteiger charge is 2.22. The van der Waals surface area contributed by atoms with Crippen LogP contribution in [0, 0.1) is 5.82 Å². The van der Waals surface area contributed by atoms with E-state index in [0.717, 1.165) is 38.0 Å². The fourth-order valence-electron chi connectivity index (χ4n) is 3.75. The topological polar surface area (TPSA) is 71.9 Å². The molecule has 0 saturated carbocycles. The molecular formula is C23H29FN2O4. The SMILES string of the molecule is COC(=O)c1ccc(N2CCC(OC(C)CCc3cccc(CO)c3F)CC2)cn1. The van der Waals surface area contributed by atoms with E-state index in [2.05, 4.69) is 14.6 Å². The van der Waals surface area contributed by atoms with Crippen molar-refractivity contribution in [2.75, 3.05) is 25.1 Å². The van der Waals surface area contributed by atoms with Crippen molar-refractivity contribution in [3.63, 3.8) is 0 Å². The number of aliphatic hydroxyl groups is 1. The lowest BCUT2D eigenvalue weighted by Crippen LogP contribution is -2.38. The minimum absolute atomic E-state index is 0.0275. The van der Waals surface area contributed by atoms with Crippen LogP contribution in [0.5, 0.6) is 0 Å². The summed E-state index contributed by atoms with van der Waals surface area (Å²) in [5.74, 6) is -0.752. The maximum absolute atomic E-state index is 14.2. The lowest BCUT2D eigenvalue weighted by molar-refractivity contribution is -0.0176. The van der Waals surface area contributed by atoms with Crippen LogP contribution in [0.1, 0.15) is 47.8 Å². The number of nitrogens with zero attached hydrogens (tertiary/aromatic N) is 2. The summed E-state index contributed by atoms with van der Waals surface area (Å²) in [5.41, 5.74) is 2.24. The summed E-state index contributed by atoms with van der Waals surface area (Å²) in [6.45, 7) is 3.44. The van der Waals surface area contributed by atoms with Crippen LogP contribution in [0.4, 0.5) is 10.1 Å². The maximum atomic E-state index is 14.2. The standard InChI is InChI=1S/C23H29FN2O4/c1-16(6-7-17-4-3-5-18(15-27)22(17)24)30-20-10-12-26(13-11-20)19-8-9-21(25-14-19)23(28)29-2/h3-5,8-9,14,16,20,27H,6-7,10-13,15H2,1-2H3. The number of hydrogen-bond acceptors (Lipinski definition) is 6. The van der Waals surface area contributed by atoms with Crippen LogP contribution in [0.25, 0.3) is 0 Å². The maximum Gasteiger partial charge on any atom is 0.356 e. The molecule has 1 atom stereocenters. The monoisotopic (exact) mass is 416 g/mol. The number of esters is 1. The summed E-state index contributed by atoms with van der Waals surface area (Å²) in [6, 6.07) is 8.71. The number of carbonyl (C=O) groups is 1. The zero-order valence-corrected chi connectivity index (χ0v) is 17.5. The van der Waals surface area contributed by atoms with E-state index in [1.54, 1.807) is 30.5 Å². The molecule has 1 fully saturated rings. The van der Waals surface area contributed by atoms with Crippen LogP contribution >= 0.6 is 0 Å². The molecule has 0 bridgehead atoms. The zero-order valence-electron chi connectivity index (χ0n) is 17.5. The van der Waals surface area contributed by atoms with Gasteiger partial charge in [0.15, 0.2) is 0 Å². The first-order valence-corrected chi connectivity index (χ1v) is 10.3. The number of carbonyl (C=O) groups excluding carboxylic acids is 1. The molecule has 1 aliphatic heterocycles. The number of pyridine rings is 1. The molecular weight excluding hydrogens is 387 g/mol. The summed E-state index contributed by atoms with van der Waals surface area (Å²) in [7, 11) is 1.34. The molecule has 1 aromatic carbocycles. The highest BCUT2D eigenvalue weighted by molar-refractivity contribution is 5.87. The number of anilines is 1. The van der Waals surface area contributed by atoms with Gasteiger partial charge in [-0.15, -0.1) is 0 Å². The van der Waals surface area contributed by atoms with Crippen molar-refractivity contribution in [2.24, 2.45) is 0 Å². The van der Waals surface area contributed by atoms with E-state index in [4.69, 9.17) is 4.74 Å². The largest absolute Gasteiger partial charge is 0.464 e. The molecule has 6 nitrogen and oxygen atoms in total. The third kappa shape index (κ3) is 5.55. The van der Waals surface area contributed by atoms with Crippen molar-refractivity contribution >= 4 is 11.7 Å². The van der Waals surface area contributed by atoms with Crippen LogP contribution in [-0.2, 0) is 22.5 Å². The van der Waals surface area contributed by atoms with Gasteiger partial charge in [-0.05, 0) is 50.3 Å². The molecule has 30 heavy (non-hydrogen) atoms. The second kappa shape index (κ2) is 10.5. The smallest absolute Gasteiger partial charge is 0.356 e. The molecule has 162 valence electrons. The summed E-state index contributed by atoms with van der Waals surface area (Å²) >= 11 is 0. The normalized spacial score (nSPS) is 15.8. The van der Waals surface area contributed by atoms with Crippen molar-refractivity contribution in [3.05, 3.63) is 59.2 Å². The van der Waals surface area contributed by atoms with E-state index in [9.17, 15) is 14.3 Å². The van der Waals surface area contributed by atoms with Crippen LogP contribution in [0.3, 0.4) is 0 Å². The number of benzene rings is 1. The Hall–Kier alpha value is -2.51. The Balaban J connectivity index is 1.44. The second-order valence-corrected chi connectivity index (χ2v) is 7.61. The molecule has 0 amide bonds. The van der Waals surface area contributed by atoms with Gasteiger partial charge in [-0.25, -0.2) is 14.2 Å². The molecule has 0 radical (unpaired) electrons. The molecule has 1 aliphatic rings. The van der Waals surface area contributed by atoms with E-state index in [0.29, 0.717) is 23.2 Å². The van der Waals surface area contributed by atoms with Crippen molar-refractivity contribution < 1.29 is 23.8 Å². The molecule has 1 unspecified atom stereocenters. The van der Waals surface area contributed by atoms with Gasteiger partial charge in [0, 0.05) is 18.7 Å². The fourth-order valence-corrected chi connectivity index (χ4v) is 3.75. The Morgan fingerprint density at radius 3 is 2.63 bits per heavy atom. The van der Waals surface area contributed by atoms with Crippen LogP contribution in [0.2, 0.25) is 0 Å². The Bertz CT molecular complexity index is 836. The molecule has 1 N–H and O–H groups in total. The second-order valence-electron chi connectivity index (χ2n) is 7.61. The first kappa shape index (κ1) is 22.2. The van der Waals surface area contributed by atoms with Crippen molar-refractivity contribution in [3.8, 4) is 0 Å². The summed E-state index contributed by atoms with van der Waals surface area (Å²) < 4.78 is 25.1. The average molecular weight is 416 g/mol. The summed E-state index contributed by atoms with van der Waals surface area (Å²) in [4.78, 5) is 17.9. The molecule has 2 heterocycles. The fraction of sp³-hybridized carbons (Fsp3) is 0.478. The number of hydrogen-bond donors (Lipinski definition) is 1. The van der Waals surface area contributed by atoms with E-state index >= 15 is 0 Å². The predicted octanol–water partition coefficient (Wildman–Crippen LogP) is 3.51. The van der Waals surface area contributed by atoms with Gasteiger partial charge in [-0.3, -0.25) is 0 Å². The van der Waals surface area contributed by atoms with Gasteiger partial charge in [-0.1, -0.05) is 18.2 Å². The molecule has 1 saturated heterocycles. The van der Waals surface area contributed by atoms with E-state index < -0.39 is 5.97 Å². The van der Waals surface area contributed by atoms with Gasteiger partial charge in [0.1, 0.15) is 11.5 Å². The third-order valence-electron chi connectivity index (χ3n) is 5.52. The quantitative estimate of drug-likeness (QED) is 0.664. The number of aliphatic hydroxyl groups excluding tert-OH is 1. The molecule has 0 aliphatic carbocycles. The highest BCUT2D eigenvalue weighted by atomic mass is 19.1. The molecule has 2 aromatic rings. The van der Waals surface area contributed by atoms with Gasteiger partial charge in [-0.2, -0.15) is 0 Å². The first-order valence-electron chi connectivity index (χ1n) is 10.3. The number of methoxy groups -OCH3 is 1. The first-order chi connectivity index (χ1) is 14.5. The summed E-state index contributed by atoms with van der Waals surface area (Å²) in [6.07, 6.45) is 5.01. The predicted molar refractivity (Wildman–Crippen MR) is 112 cm³/mol. The Morgan fingerprint density at radius 2 is 2.00 bits per heavy atom. The van der Waals surface area contributed by atoms with Crippen LogP contribution < -0.4 is 4.90 Å². The summed E-state index contributed by atoms with van der Waals surface area (Å²) in [5, 5.41) is 9.20.